The van der Waals surface area contributed by atoms with Crippen LogP contribution >= 0.6 is 11.6 Å². The average molecular weight is 403 g/mol. The molecule has 3 heterocycles. The van der Waals surface area contributed by atoms with E-state index in [4.69, 9.17) is 16.3 Å². The van der Waals surface area contributed by atoms with Crippen LogP contribution in [0, 0.1) is 0 Å². The number of pyridine rings is 2. The van der Waals surface area contributed by atoms with Crippen LogP contribution in [0.5, 0.6) is 5.88 Å². The summed E-state index contributed by atoms with van der Waals surface area (Å²) in [4.78, 5) is 37.0. The summed E-state index contributed by atoms with van der Waals surface area (Å²) in [6, 6.07) is 7.10. The molecule has 1 aliphatic rings. The first-order valence-corrected chi connectivity index (χ1v) is 9.61. The molecule has 0 spiro atoms. The van der Waals surface area contributed by atoms with Crippen LogP contribution in [0.1, 0.15) is 29.9 Å². The molecule has 0 radical (unpaired) electrons. The van der Waals surface area contributed by atoms with Crippen molar-refractivity contribution >= 4 is 23.4 Å². The molecule has 1 fully saturated rings. The van der Waals surface area contributed by atoms with Gasteiger partial charge in [0.1, 0.15) is 5.02 Å². The summed E-state index contributed by atoms with van der Waals surface area (Å²) >= 11 is 6.18. The molecule has 1 saturated heterocycles. The van der Waals surface area contributed by atoms with E-state index in [1.54, 1.807) is 22.1 Å². The van der Waals surface area contributed by atoms with Gasteiger partial charge >= 0.3 is 0 Å². The lowest BCUT2D eigenvalue weighted by atomic mass is 10.2. The number of ether oxygens (including phenoxy) is 1. The molecule has 2 amide bonds. The van der Waals surface area contributed by atoms with Gasteiger partial charge in [-0.25, -0.2) is 4.98 Å². The largest absolute Gasteiger partial charge is 0.474 e. The quantitative estimate of drug-likeness (QED) is 0.767. The van der Waals surface area contributed by atoms with Crippen molar-refractivity contribution in [2.24, 2.45) is 0 Å². The zero-order valence-corrected chi connectivity index (χ0v) is 16.7. The van der Waals surface area contributed by atoms with E-state index >= 15 is 0 Å². The molecule has 0 bridgehead atoms. The van der Waals surface area contributed by atoms with Gasteiger partial charge in [0, 0.05) is 44.3 Å². The molecule has 7 nitrogen and oxygen atoms in total. The van der Waals surface area contributed by atoms with E-state index in [0.717, 1.165) is 5.69 Å². The van der Waals surface area contributed by atoms with Gasteiger partial charge in [0.25, 0.3) is 5.91 Å². The lowest BCUT2D eigenvalue weighted by Gasteiger charge is -2.34. The molecule has 0 unspecified atom stereocenters. The van der Waals surface area contributed by atoms with Crippen LogP contribution in [0.25, 0.3) is 0 Å². The number of amides is 2. The van der Waals surface area contributed by atoms with Gasteiger partial charge in [-0.2, -0.15) is 0 Å². The van der Waals surface area contributed by atoms with E-state index in [-0.39, 0.29) is 24.3 Å². The van der Waals surface area contributed by atoms with Crippen molar-refractivity contribution in [3.63, 3.8) is 0 Å². The van der Waals surface area contributed by atoms with Crippen molar-refractivity contribution in [2.45, 2.75) is 26.4 Å². The van der Waals surface area contributed by atoms with Crippen LogP contribution in [0.3, 0.4) is 0 Å². The van der Waals surface area contributed by atoms with E-state index < -0.39 is 0 Å². The van der Waals surface area contributed by atoms with Crippen molar-refractivity contribution in [1.29, 1.82) is 0 Å². The Kier molecular flexibility index (Phi) is 6.46. The molecule has 1 aliphatic heterocycles. The Labute approximate surface area is 169 Å². The van der Waals surface area contributed by atoms with Gasteiger partial charge < -0.3 is 14.5 Å². The summed E-state index contributed by atoms with van der Waals surface area (Å²) < 4.78 is 5.50. The van der Waals surface area contributed by atoms with Crippen LogP contribution in [0.4, 0.5) is 0 Å². The van der Waals surface area contributed by atoms with Crippen LogP contribution in [0.2, 0.25) is 5.02 Å². The van der Waals surface area contributed by atoms with Gasteiger partial charge in [0.05, 0.1) is 18.1 Å². The van der Waals surface area contributed by atoms with Crippen molar-refractivity contribution in [3.05, 3.63) is 52.9 Å². The highest BCUT2D eigenvalue weighted by Gasteiger charge is 2.25. The molecule has 2 aromatic rings. The fourth-order valence-corrected chi connectivity index (χ4v) is 3.17. The number of hydrogen-bond donors (Lipinski definition) is 0. The SMILES string of the molecule is CC(C)Oc1ncc(C(=O)N2CCN(C(=O)Cc3ccccn3)CC2)cc1Cl. The second kappa shape index (κ2) is 9.01. The zero-order chi connectivity index (χ0) is 20.1. The Hall–Kier alpha value is -2.67. The summed E-state index contributed by atoms with van der Waals surface area (Å²) in [6.07, 6.45) is 3.37. The van der Waals surface area contributed by atoms with E-state index in [2.05, 4.69) is 9.97 Å². The number of hydrogen-bond acceptors (Lipinski definition) is 5. The monoisotopic (exact) mass is 402 g/mol. The first kappa shape index (κ1) is 20.1. The second-order valence-electron chi connectivity index (χ2n) is 6.85. The average Bonchev–Trinajstić information content (AvgIpc) is 2.69. The number of rotatable bonds is 5. The first-order chi connectivity index (χ1) is 13.4. The van der Waals surface area contributed by atoms with Crippen LogP contribution < -0.4 is 4.74 Å². The lowest BCUT2D eigenvalue weighted by molar-refractivity contribution is -0.132. The Morgan fingerprint density at radius 2 is 1.86 bits per heavy atom. The van der Waals surface area contributed by atoms with Gasteiger partial charge in [-0.1, -0.05) is 17.7 Å². The number of halogens is 1. The molecule has 0 aliphatic carbocycles. The van der Waals surface area contributed by atoms with Crippen molar-refractivity contribution < 1.29 is 14.3 Å². The molecule has 3 rings (SSSR count). The summed E-state index contributed by atoms with van der Waals surface area (Å²) in [6.45, 7) is 5.68. The third kappa shape index (κ3) is 4.98. The third-order valence-electron chi connectivity index (χ3n) is 4.38. The maximum atomic E-state index is 12.7. The van der Waals surface area contributed by atoms with Gasteiger partial charge in [-0.15, -0.1) is 0 Å². The van der Waals surface area contributed by atoms with Gasteiger partial charge in [-0.05, 0) is 32.0 Å². The molecule has 0 saturated carbocycles. The van der Waals surface area contributed by atoms with Crippen molar-refractivity contribution in [2.75, 3.05) is 26.2 Å². The highest BCUT2D eigenvalue weighted by atomic mass is 35.5. The number of aromatic nitrogens is 2. The minimum absolute atomic E-state index is 0.0192. The van der Waals surface area contributed by atoms with Crippen LogP contribution in [-0.4, -0.2) is 63.9 Å². The topological polar surface area (TPSA) is 75.6 Å². The Morgan fingerprint density at radius 3 is 2.46 bits per heavy atom. The van der Waals surface area contributed by atoms with Crippen molar-refractivity contribution in [1.82, 2.24) is 19.8 Å². The highest BCUT2D eigenvalue weighted by molar-refractivity contribution is 6.32. The molecule has 8 heteroatoms. The summed E-state index contributed by atoms with van der Waals surface area (Å²) in [5.74, 6) is 0.186. The Morgan fingerprint density at radius 1 is 1.14 bits per heavy atom. The first-order valence-electron chi connectivity index (χ1n) is 9.23. The minimum atomic E-state index is -0.151. The second-order valence-corrected chi connectivity index (χ2v) is 7.26. The summed E-state index contributed by atoms with van der Waals surface area (Å²) in [5, 5.41) is 0.309. The number of carbonyl (C=O) groups excluding carboxylic acids is 2. The molecular formula is C20H23ClN4O3. The Bertz CT molecular complexity index is 837. The maximum absolute atomic E-state index is 12.7. The Balaban J connectivity index is 1.56. The van der Waals surface area contributed by atoms with Gasteiger partial charge in [0.2, 0.25) is 11.8 Å². The zero-order valence-electron chi connectivity index (χ0n) is 16.0. The third-order valence-corrected chi connectivity index (χ3v) is 4.65. The standard InChI is InChI=1S/C20H23ClN4O3/c1-14(2)28-19-17(21)11-15(13-23-19)20(27)25-9-7-24(8-10-25)18(26)12-16-5-3-4-6-22-16/h3-6,11,13-14H,7-10,12H2,1-2H3. The molecule has 0 N–H and O–H groups in total. The fourth-order valence-electron chi connectivity index (χ4n) is 2.96. The van der Waals surface area contributed by atoms with Crippen LogP contribution in [0.15, 0.2) is 36.7 Å². The van der Waals surface area contributed by atoms with E-state index in [1.807, 2.05) is 32.0 Å². The molecule has 0 aromatic carbocycles. The maximum Gasteiger partial charge on any atom is 0.255 e. The molecule has 0 atom stereocenters. The smallest absolute Gasteiger partial charge is 0.255 e. The fraction of sp³-hybridized carbons (Fsp3) is 0.400. The van der Waals surface area contributed by atoms with Gasteiger partial charge in [0.15, 0.2) is 0 Å². The minimum Gasteiger partial charge on any atom is -0.474 e. The molecular weight excluding hydrogens is 380 g/mol. The lowest BCUT2D eigenvalue weighted by Crippen LogP contribution is -2.51. The van der Waals surface area contributed by atoms with Gasteiger partial charge in [-0.3, -0.25) is 14.6 Å². The normalized spacial score (nSPS) is 14.3. The molecule has 148 valence electrons. The number of carbonyl (C=O) groups is 2. The number of nitrogens with zero attached hydrogens (tertiary/aromatic N) is 4. The van der Waals surface area contributed by atoms with E-state index in [0.29, 0.717) is 42.6 Å². The van der Waals surface area contributed by atoms with E-state index in [1.165, 1.54) is 6.20 Å². The van der Waals surface area contributed by atoms with Crippen molar-refractivity contribution in [3.8, 4) is 5.88 Å². The molecule has 2 aromatic heterocycles. The summed E-state index contributed by atoms with van der Waals surface area (Å²) in [7, 11) is 0. The predicted molar refractivity (Wildman–Crippen MR) is 105 cm³/mol. The highest BCUT2D eigenvalue weighted by Crippen LogP contribution is 2.24. The summed E-state index contributed by atoms with van der Waals surface area (Å²) in [5.41, 5.74) is 1.16. The molecule has 28 heavy (non-hydrogen) atoms. The predicted octanol–water partition coefficient (Wildman–Crippen LogP) is 2.44. The van der Waals surface area contributed by atoms with Crippen LogP contribution in [-0.2, 0) is 11.2 Å². The van der Waals surface area contributed by atoms with E-state index in [9.17, 15) is 9.59 Å². The number of piperazine rings is 1.